The SMILES string of the molecule is CCOc1c(-c2nn(C)c(N)c2C)cccc1[N+](=O)[O-]. The number of aryl methyl sites for hydroxylation is 1. The number of nitro benzene ring substituents is 1. The summed E-state index contributed by atoms with van der Waals surface area (Å²) in [5.41, 5.74) is 7.75. The van der Waals surface area contributed by atoms with Gasteiger partial charge in [0, 0.05) is 18.7 Å². The number of nitrogen functional groups attached to an aromatic ring is 1. The van der Waals surface area contributed by atoms with Gasteiger partial charge in [-0.05, 0) is 19.9 Å². The molecule has 0 bridgehead atoms. The first kappa shape index (κ1) is 13.9. The van der Waals surface area contributed by atoms with E-state index in [0.29, 0.717) is 23.7 Å². The molecule has 2 N–H and O–H groups in total. The monoisotopic (exact) mass is 276 g/mol. The van der Waals surface area contributed by atoms with Crippen LogP contribution in [0.2, 0.25) is 0 Å². The average molecular weight is 276 g/mol. The molecule has 0 unspecified atom stereocenters. The van der Waals surface area contributed by atoms with E-state index in [0.717, 1.165) is 5.56 Å². The zero-order chi connectivity index (χ0) is 14.9. The van der Waals surface area contributed by atoms with Crippen LogP contribution in [0.3, 0.4) is 0 Å². The van der Waals surface area contributed by atoms with Crippen molar-refractivity contribution in [3.8, 4) is 17.0 Å². The van der Waals surface area contributed by atoms with Crippen LogP contribution < -0.4 is 10.5 Å². The number of para-hydroxylation sites is 1. The maximum Gasteiger partial charge on any atom is 0.311 e. The van der Waals surface area contributed by atoms with E-state index >= 15 is 0 Å². The quantitative estimate of drug-likeness (QED) is 0.682. The number of nitro groups is 1. The number of rotatable bonds is 4. The number of hydrogen-bond acceptors (Lipinski definition) is 5. The summed E-state index contributed by atoms with van der Waals surface area (Å²) in [7, 11) is 1.73. The van der Waals surface area contributed by atoms with Crippen LogP contribution in [0, 0.1) is 17.0 Å². The molecule has 0 aliphatic carbocycles. The van der Waals surface area contributed by atoms with Crippen molar-refractivity contribution >= 4 is 11.5 Å². The number of nitrogens with zero attached hydrogens (tertiary/aromatic N) is 3. The summed E-state index contributed by atoms with van der Waals surface area (Å²) < 4.78 is 7.00. The summed E-state index contributed by atoms with van der Waals surface area (Å²) in [6, 6.07) is 4.77. The molecular formula is C13H16N4O3. The zero-order valence-electron chi connectivity index (χ0n) is 11.6. The Morgan fingerprint density at radius 1 is 1.50 bits per heavy atom. The van der Waals surface area contributed by atoms with E-state index in [1.54, 1.807) is 30.8 Å². The van der Waals surface area contributed by atoms with Crippen LogP contribution in [0.25, 0.3) is 11.3 Å². The molecule has 0 aliphatic rings. The van der Waals surface area contributed by atoms with Crippen molar-refractivity contribution in [1.82, 2.24) is 9.78 Å². The topological polar surface area (TPSA) is 96.2 Å². The number of aromatic nitrogens is 2. The molecule has 0 radical (unpaired) electrons. The van der Waals surface area contributed by atoms with Crippen LogP contribution >= 0.6 is 0 Å². The van der Waals surface area contributed by atoms with Crippen molar-refractivity contribution in [2.24, 2.45) is 7.05 Å². The second-order valence-electron chi connectivity index (χ2n) is 4.33. The fraction of sp³-hybridized carbons (Fsp3) is 0.308. The van der Waals surface area contributed by atoms with E-state index in [2.05, 4.69) is 5.10 Å². The molecule has 0 amide bonds. The number of ether oxygens (including phenoxy) is 1. The van der Waals surface area contributed by atoms with Gasteiger partial charge in [-0.2, -0.15) is 5.10 Å². The molecule has 106 valence electrons. The van der Waals surface area contributed by atoms with Gasteiger partial charge in [0.05, 0.1) is 17.1 Å². The molecule has 20 heavy (non-hydrogen) atoms. The summed E-state index contributed by atoms with van der Waals surface area (Å²) >= 11 is 0. The van der Waals surface area contributed by atoms with Gasteiger partial charge in [0.15, 0.2) is 0 Å². The van der Waals surface area contributed by atoms with E-state index in [-0.39, 0.29) is 11.4 Å². The third kappa shape index (κ3) is 2.18. The Bertz CT molecular complexity index is 664. The molecule has 7 heteroatoms. The van der Waals surface area contributed by atoms with Crippen molar-refractivity contribution in [3.05, 3.63) is 33.9 Å². The molecule has 2 rings (SSSR count). The number of anilines is 1. The molecule has 1 aromatic heterocycles. The third-order valence-corrected chi connectivity index (χ3v) is 3.07. The Morgan fingerprint density at radius 3 is 2.70 bits per heavy atom. The molecule has 0 saturated heterocycles. The summed E-state index contributed by atoms with van der Waals surface area (Å²) in [6.45, 7) is 3.94. The van der Waals surface area contributed by atoms with E-state index in [1.807, 2.05) is 6.92 Å². The lowest BCUT2D eigenvalue weighted by Crippen LogP contribution is -2.00. The summed E-state index contributed by atoms with van der Waals surface area (Å²) in [6.07, 6.45) is 0. The van der Waals surface area contributed by atoms with Crippen LogP contribution in [0.4, 0.5) is 11.5 Å². The minimum atomic E-state index is -0.462. The van der Waals surface area contributed by atoms with Gasteiger partial charge >= 0.3 is 5.69 Å². The van der Waals surface area contributed by atoms with Gasteiger partial charge in [0.1, 0.15) is 11.5 Å². The minimum absolute atomic E-state index is 0.0759. The van der Waals surface area contributed by atoms with Gasteiger partial charge in [-0.3, -0.25) is 14.8 Å². The Morgan fingerprint density at radius 2 is 2.20 bits per heavy atom. The van der Waals surface area contributed by atoms with Crippen LogP contribution in [-0.4, -0.2) is 21.3 Å². The summed E-state index contributed by atoms with van der Waals surface area (Å²) in [5, 5.41) is 15.4. The van der Waals surface area contributed by atoms with Gasteiger partial charge in [-0.25, -0.2) is 0 Å². The average Bonchev–Trinajstić information content (AvgIpc) is 2.67. The third-order valence-electron chi connectivity index (χ3n) is 3.07. The first-order chi connectivity index (χ1) is 9.47. The van der Waals surface area contributed by atoms with Crippen molar-refractivity contribution in [2.75, 3.05) is 12.3 Å². The van der Waals surface area contributed by atoms with E-state index < -0.39 is 4.92 Å². The Hall–Kier alpha value is -2.57. The number of hydrogen-bond donors (Lipinski definition) is 1. The van der Waals surface area contributed by atoms with Crippen LogP contribution in [-0.2, 0) is 7.05 Å². The Labute approximate surface area is 116 Å². The highest BCUT2D eigenvalue weighted by atomic mass is 16.6. The molecule has 0 atom stereocenters. The molecule has 0 saturated carbocycles. The second kappa shape index (κ2) is 5.20. The van der Waals surface area contributed by atoms with Gasteiger partial charge in [-0.15, -0.1) is 0 Å². The number of nitrogens with two attached hydrogens (primary N) is 1. The van der Waals surface area contributed by atoms with E-state index in [1.165, 1.54) is 6.07 Å². The van der Waals surface area contributed by atoms with Crippen LogP contribution in [0.5, 0.6) is 5.75 Å². The van der Waals surface area contributed by atoms with Crippen molar-refractivity contribution in [2.45, 2.75) is 13.8 Å². The molecule has 7 nitrogen and oxygen atoms in total. The summed E-state index contributed by atoms with van der Waals surface area (Å²) in [4.78, 5) is 10.7. The largest absolute Gasteiger partial charge is 0.487 e. The predicted octanol–water partition coefficient (Wildman–Crippen LogP) is 2.28. The van der Waals surface area contributed by atoms with Gasteiger partial charge in [-0.1, -0.05) is 6.07 Å². The Kier molecular flexibility index (Phi) is 3.60. The lowest BCUT2D eigenvalue weighted by molar-refractivity contribution is -0.385. The zero-order valence-corrected chi connectivity index (χ0v) is 11.6. The second-order valence-corrected chi connectivity index (χ2v) is 4.33. The fourth-order valence-corrected chi connectivity index (χ4v) is 2.05. The molecule has 0 aliphatic heterocycles. The summed E-state index contributed by atoms with van der Waals surface area (Å²) in [5.74, 6) is 0.746. The smallest absolute Gasteiger partial charge is 0.311 e. The number of benzene rings is 1. The Balaban J connectivity index is 2.70. The van der Waals surface area contributed by atoms with Gasteiger partial charge in [0.25, 0.3) is 0 Å². The molecule has 2 aromatic rings. The van der Waals surface area contributed by atoms with E-state index in [4.69, 9.17) is 10.5 Å². The molecule has 0 spiro atoms. The fourth-order valence-electron chi connectivity index (χ4n) is 2.05. The van der Waals surface area contributed by atoms with E-state index in [9.17, 15) is 10.1 Å². The van der Waals surface area contributed by atoms with Crippen LogP contribution in [0.15, 0.2) is 18.2 Å². The first-order valence-corrected chi connectivity index (χ1v) is 6.17. The molecular weight excluding hydrogens is 260 g/mol. The van der Waals surface area contributed by atoms with Crippen molar-refractivity contribution in [1.29, 1.82) is 0 Å². The van der Waals surface area contributed by atoms with Crippen LogP contribution in [0.1, 0.15) is 12.5 Å². The van der Waals surface area contributed by atoms with Gasteiger partial charge < -0.3 is 10.5 Å². The lowest BCUT2D eigenvalue weighted by atomic mass is 10.1. The minimum Gasteiger partial charge on any atom is -0.487 e. The van der Waals surface area contributed by atoms with Crippen molar-refractivity contribution in [3.63, 3.8) is 0 Å². The molecule has 0 fully saturated rings. The first-order valence-electron chi connectivity index (χ1n) is 6.17. The molecule has 1 aromatic carbocycles. The van der Waals surface area contributed by atoms with Gasteiger partial charge in [0.2, 0.25) is 5.75 Å². The highest BCUT2D eigenvalue weighted by Crippen LogP contribution is 2.39. The lowest BCUT2D eigenvalue weighted by Gasteiger charge is -2.09. The molecule has 1 heterocycles. The normalized spacial score (nSPS) is 10.6. The predicted molar refractivity (Wildman–Crippen MR) is 75.6 cm³/mol. The highest BCUT2D eigenvalue weighted by molar-refractivity contribution is 5.77. The maximum atomic E-state index is 11.1. The maximum absolute atomic E-state index is 11.1. The highest BCUT2D eigenvalue weighted by Gasteiger charge is 2.23. The van der Waals surface area contributed by atoms with Crippen molar-refractivity contribution < 1.29 is 9.66 Å². The standard InChI is InChI=1S/C13H16N4O3/c1-4-20-12-9(6-5-7-10(12)17(18)19)11-8(2)13(14)16(3)15-11/h5-7H,4,14H2,1-3H3.